The van der Waals surface area contributed by atoms with Crippen molar-refractivity contribution in [2.75, 3.05) is 20.6 Å². The van der Waals surface area contributed by atoms with Gasteiger partial charge in [-0.15, -0.1) is 0 Å². The third-order valence-electron chi connectivity index (χ3n) is 4.36. The summed E-state index contributed by atoms with van der Waals surface area (Å²) >= 11 is 0. The molecule has 0 saturated carbocycles. The zero-order valence-electron chi connectivity index (χ0n) is 14.8. The molecule has 0 aliphatic carbocycles. The summed E-state index contributed by atoms with van der Waals surface area (Å²) in [5.74, 6) is 0. The first-order chi connectivity index (χ1) is 12.0. The van der Waals surface area contributed by atoms with Gasteiger partial charge in [0.2, 0.25) is 0 Å². The van der Waals surface area contributed by atoms with E-state index in [1.54, 1.807) is 0 Å². The van der Waals surface area contributed by atoms with Crippen LogP contribution in [0.2, 0.25) is 0 Å². The van der Waals surface area contributed by atoms with Gasteiger partial charge in [0.15, 0.2) is 5.60 Å². The fourth-order valence-corrected chi connectivity index (χ4v) is 3.20. The first-order valence-corrected chi connectivity index (χ1v) is 8.37. The van der Waals surface area contributed by atoms with Gasteiger partial charge in [0.1, 0.15) is 0 Å². The Morgan fingerprint density at radius 3 is 2.16 bits per heavy atom. The van der Waals surface area contributed by atoms with E-state index in [0.717, 1.165) is 22.5 Å². The van der Waals surface area contributed by atoms with E-state index in [1.165, 1.54) is 0 Å². The molecule has 0 amide bonds. The van der Waals surface area contributed by atoms with Crippen LogP contribution in [0.25, 0.3) is 5.69 Å². The maximum absolute atomic E-state index is 11.9. The van der Waals surface area contributed by atoms with Gasteiger partial charge in [-0.25, -0.2) is 0 Å². The molecule has 1 aromatic heterocycles. The molecular weight excluding hydrogens is 308 g/mol. The molecule has 0 radical (unpaired) electrons. The summed E-state index contributed by atoms with van der Waals surface area (Å²) in [7, 11) is 3.96. The number of aromatic nitrogens is 1. The molecule has 3 aromatic rings. The highest BCUT2D eigenvalue weighted by Gasteiger charge is 2.37. The summed E-state index contributed by atoms with van der Waals surface area (Å²) in [6, 6.07) is 23.7. The quantitative estimate of drug-likeness (QED) is 0.695. The average molecular weight is 332 g/mol. The van der Waals surface area contributed by atoms with Gasteiger partial charge in [0.25, 0.3) is 0 Å². The number of para-hydroxylation sites is 1. The van der Waals surface area contributed by atoms with Crippen LogP contribution in [0.1, 0.15) is 11.3 Å². The smallest absolute Gasteiger partial charge is 0.152 e. The van der Waals surface area contributed by atoms with Crippen LogP contribution in [0.5, 0.6) is 0 Å². The third-order valence-corrected chi connectivity index (χ3v) is 4.36. The zero-order valence-corrected chi connectivity index (χ0v) is 14.8. The molecule has 128 valence electrons. The molecule has 0 aliphatic heterocycles. The normalized spacial score (nSPS) is 13.6. The molecule has 3 heteroatoms. The van der Waals surface area contributed by atoms with E-state index in [1.807, 2.05) is 103 Å². The van der Waals surface area contributed by atoms with Crippen molar-refractivity contribution in [3.63, 3.8) is 0 Å². The van der Waals surface area contributed by atoms with Crippen LogP contribution < -0.4 is 0 Å². The van der Waals surface area contributed by atoms with Crippen molar-refractivity contribution in [2.45, 2.75) is 5.60 Å². The molecule has 1 unspecified atom stereocenters. The molecule has 1 atom stereocenters. The van der Waals surface area contributed by atoms with Gasteiger partial charge in [0, 0.05) is 18.4 Å². The molecule has 2 aromatic carbocycles. The number of hydrogen-bond acceptors (Lipinski definition) is 2. The number of likely N-dealkylation sites (N-methyl/N-ethyl adjacent to an activating group) is 1. The molecule has 0 spiro atoms. The summed E-state index contributed by atoms with van der Waals surface area (Å²) < 4.78 is 2.02. The molecule has 1 heterocycles. The van der Waals surface area contributed by atoms with Crippen LogP contribution in [-0.4, -0.2) is 35.2 Å². The molecule has 1 N–H and O–H groups in total. The van der Waals surface area contributed by atoms with Crippen molar-refractivity contribution in [3.8, 4) is 5.69 Å². The predicted molar refractivity (Wildman–Crippen MR) is 103 cm³/mol. The highest BCUT2D eigenvalue weighted by Crippen LogP contribution is 2.37. The van der Waals surface area contributed by atoms with Crippen molar-refractivity contribution in [2.24, 2.45) is 0 Å². The Morgan fingerprint density at radius 1 is 0.960 bits per heavy atom. The number of rotatable bonds is 6. The Hall–Kier alpha value is -2.62. The van der Waals surface area contributed by atoms with E-state index in [0.29, 0.717) is 6.54 Å². The molecule has 0 aliphatic rings. The van der Waals surface area contributed by atoms with Crippen LogP contribution in [0.15, 0.2) is 91.1 Å². The highest BCUT2D eigenvalue weighted by atomic mass is 16.3. The Balaban J connectivity index is 2.17. The van der Waals surface area contributed by atoms with Crippen LogP contribution in [0, 0.1) is 0 Å². The number of aliphatic hydroxyl groups is 1. The molecule has 25 heavy (non-hydrogen) atoms. The van der Waals surface area contributed by atoms with Crippen molar-refractivity contribution in [1.29, 1.82) is 0 Å². The second kappa shape index (κ2) is 7.09. The lowest BCUT2D eigenvalue weighted by Gasteiger charge is -2.33. The van der Waals surface area contributed by atoms with Crippen LogP contribution >= 0.6 is 0 Å². The highest BCUT2D eigenvalue weighted by molar-refractivity contribution is 5.46. The molecule has 0 saturated heterocycles. The van der Waals surface area contributed by atoms with Crippen LogP contribution in [0.4, 0.5) is 0 Å². The van der Waals surface area contributed by atoms with E-state index in [2.05, 4.69) is 6.58 Å². The Labute approximate surface area is 149 Å². The van der Waals surface area contributed by atoms with Gasteiger partial charge >= 0.3 is 0 Å². The first kappa shape index (κ1) is 17.2. The monoisotopic (exact) mass is 332 g/mol. The predicted octanol–water partition coefficient (Wildman–Crippen LogP) is 3.83. The molecular formula is C22H24N2O. The minimum Gasteiger partial charge on any atom is -0.375 e. The zero-order chi connectivity index (χ0) is 17.9. The van der Waals surface area contributed by atoms with Gasteiger partial charge in [-0.2, -0.15) is 0 Å². The van der Waals surface area contributed by atoms with E-state index in [4.69, 9.17) is 0 Å². The van der Waals surface area contributed by atoms with Crippen LogP contribution in [0.3, 0.4) is 0 Å². The summed E-state index contributed by atoms with van der Waals surface area (Å²) in [6.07, 6.45) is 1.97. The lowest BCUT2D eigenvalue weighted by molar-refractivity contribution is 0.107. The van der Waals surface area contributed by atoms with E-state index >= 15 is 0 Å². The van der Waals surface area contributed by atoms with E-state index in [-0.39, 0.29) is 0 Å². The fraction of sp³-hybridized carbons (Fsp3) is 0.182. The second-order valence-corrected chi connectivity index (χ2v) is 6.52. The number of hydrogen-bond donors (Lipinski definition) is 1. The lowest BCUT2D eigenvalue weighted by atomic mass is 9.83. The Morgan fingerprint density at radius 2 is 1.56 bits per heavy atom. The van der Waals surface area contributed by atoms with Crippen molar-refractivity contribution in [3.05, 3.63) is 102 Å². The van der Waals surface area contributed by atoms with Crippen molar-refractivity contribution < 1.29 is 5.11 Å². The summed E-state index contributed by atoms with van der Waals surface area (Å²) in [4.78, 5) is 2.02. The van der Waals surface area contributed by atoms with Crippen molar-refractivity contribution in [1.82, 2.24) is 9.47 Å². The van der Waals surface area contributed by atoms with Crippen LogP contribution in [-0.2, 0) is 5.60 Å². The van der Waals surface area contributed by atoms with Gasteiger partial charge in [-0.05, 0) is 49.5 Å². The standard InChI is InChI=1S/C22H24N2O/c1-18(17-23(2)3)22(25,19-11-6-4-7-12-19)21-15-10-16-24(21)20-13-8-5-9-14-20/h4-16,25H,1,17H2,2-3H3. The van der Waals surface area contributed by atoms with Crippen molar-refractivity contribution >= 4 is 0 Å². The van der Waals surface area contributed by atoms with Gasteiger partial charge in [-0.3, -0.25) is 0 Å². The van der Waals surface area contributed by atoms with Gasteiger partial charge < -0.3 is 14.6 Å². The average Bonchev–Trinajstić information content (AvgIpc) is 3.12. The summed E-state index contributed by atoms with van der Waals surface area (Å²) in [6.45, 7) is 4.82. The van der Waals surface area contributed by atoms with Gasteiger partial charge in [0.05, 0.1) is 5.69 Å². The maximum atomic E-state index is 11.9. The van der Waals surface area contributed by atoms with Gasteiger partial charge in [-0.1, -0.05) is 55.1 Å². The summed E-state index contributed by atoms with van der Waals surface area (Å²) in [5, 5.41) is 11.9. The first-order valence-electron chi connectivity index (χ1n) is 8.37. The molecule has 0 bridgehead atoms. The lowest BCUT2D eigenvalue weighted by Crippen LogP contribution is -2.36. The Kier molecular flexibility index (Phi) is 4.88. The summed E-state index contributed by atoms with van der Waals surface area (Å²) in [5.41, 5.74) is 2.08. The number of benzene rings is 2. The second-order valence-electron chi connectivity index (χ2n) is 6.52. The number of nitrogens with zero attached hydrogens (tertiary/aromatic N) is 2. The van der Waals surface area contributed by atoms with E-state index in [9.17, 15) is 5.11 Å². The van der Waals surface area contributed by atoms with E-state index < -0.39 is 5.60 Å². The largest absolute Gasteiger partial charge is 0.375 e. The topological polar surface area (TPSA) is 28.4 Å². The Bertz CT molecular complexity index is 837. The SMILES string of the molecule is C=C(CN(C)C)C(O)(c1ccccc1)c1cccn1-c1ccccc1. The maximum Gasteiger partial charge on any atom is 0.152 e. The fourth-order valence-electron chi connectivity index (χ4n) is 3.20. The third kappa shape index (κ3) is 3.29. The molecule has 3 nitrogen and oxygen atoms in total. The minimum absolute atomic E-state index is 0.589. The minimum atomic E-state index is -1.27. The molecule has 3 rings (SSSR count). The molecule has 0 fully saturated rings.